The first kappa shape index (κ1) is 20.2. The normalized spacial score (nSPS) is 24.3. The summed E-state index contributed by atoms with van der Waals surface area (Å²) in [4.78, 5) is 24.1. The van der Waals surface area contributed by atoms with Crippen LogP contribution in [0.1, 0.15) is 37.7 Å². The molecule has 7 heteroatoms. The average molecular weight is 431 g/mol. The van der Waals surface area contributed by atoms with Crippen molar-refractivity contribution in [2.24, 2.45) is 5.92 Å². The van der Waals surface area contributed by atoms with Crippen molar-refractivity contribution in [3.63, 3.8) is 0 Å². The van der Waals surface area contributed by atoms with Crippen molar-refractivity contribution in [2.45, 2.75) is 51.1 Å². The Morgan fingerprint density at radius 1 is 1.20 bits per heavy atom. The summed E-state index contributed by atoms with van der Waals surface area (Å²) >= 11 is 3.43. The van der Waals surface area contributed by atoms with Gasteiger partial charge >= 0.3 is 0 Å². The van der Waals surface area contributed by atoms with Crippen LogP contribution in [0.2, 0.25) is 0 Å². The summed E-state index contributed by atoms with van der Waals surface area (Å²) in [6.45, 7) is 1.99. The molecule has 2 atom stereocenters. The van der Waals surface area contributed by atoms with Gasteiger partial charge in [0, 0.05) is 28.7 Å². The van der Waals surface area contributed by atoms with E-state index in [1.165, 1.54) is 12.8 Å². The molecule has 5 nitrogen and oxygen atoms in total. The predicted molar refractivity (Wildman–Crippen MR) is 105 cm³/mol. The van der Waals surface area contributed by atoms with Gasteiger partial charge in [0.1, 0.15) is 0 Å². The first-order valence-corrected chi connectivity index (χ1v) is 9.37. The van der Waals surface area contributed by atoms with Gasteiger partial charge in [-0.2, -0.15) is 0 Å². The molecule has 0 aliphatic carbocycles. The monoisotopic (exact) mass is 429 g/mol. The van der Waals surface area contributed by atoms with Gasteiger partial charge in [-0.05, 0) is 62.3 Å². The summed E-state index contributed by atoms with van der Waals surface area (Å²) in [6, 6.07) is 6.81. The molecule has 2 aliphatic rings. The summed E-state index contributed by atoms with van der Waals surface area (Å²) < 4.78 is 1.00. The van der Waals surface area contributed by atoms with E-state index in [2.05, 4.69) is 31.9 Å². The van der Waals surface area contributed by atoms with E-state index in [1.807, 2.05) is 25.1 Å². The van der Waals surface area contributed by atoms with Gasteiger partial charge in [0.25, 0.3) is 0 Å². The Hall–Kier alpha value is -1.11. The van der Waals surface area contributed by atoms with Gasteiger partial charge in [0.15, 0.2) is 0 Å². The fourth-order valence-corrected chi connectivity index (χ4v) is 4.03. The van der Waals surface area contributed by atoms with Crippen LogP contribution >= 0.6 is 28.3 Å². The number of rotatable bonds is 5. The molecule has 1 aromatic rings. The number of benzene rings is 1. The van der Waals surface area contributed by atoms with E-state index in [0.29, 0.717) is 24.4 Å². The molecule has 0 spiro atoms. The topological polar surface area (TPSA) is 70.2 Å². The van der Waals surface area contributed by atoms with Gasteiger partial charge in [0.05, 0.1) is 6.54 Å². The summed E-state index contributed by atoms with van der Waals surface area (Å²) in [6.07, 6.45) is 5.15. The van der Waals surface area contributed by atoms with Crippen LogP contribution in [-0.2, 0) is 9.59 Å². The van der Waals surface area contributed by atoms with E-state index in [9.17, 15) is 9.59 Å². The second-order valence-electron chi connectivity index (χ2n) is 6.97. The largest absolute Gasteiger partial charge is 0.347 e. The minimum Gasteiger partial charge on any atom is -0.347 e. The number of hydrogen-bond donors (Lipinski definition) is 3. The number of carbonyl (C=O) groups excluding carboxylic acids is 2. The summed E-state index contributed by atoms with van der Waals surface area (Å²) in [5, 5.41) is 9.13. The molecule has 3 N–H and O–H groups in total. The number of fused-ring (bicyclic) bond motifs is 2. The Labute approximate surface area is 163 Å². The van der Waals surface area contributed by atoms with Gasteiger partial charge in [-0.15, -0.1) is 12.4 Å². The lowest BCUT2D eigenvalue weighted by molar-refractivity contribution is -0.125. The maximum absolute atomic E-state index is 12.1. The molecule has 1 aromatic carbocycles. The van der Waals surface area contributed by atoms with Gasteiger partial charge in [-0.1, -0.05) is 15.9 Å². The molecule has 2 heterocycles. The highest BCUT2D eigenvalue weighted by molar-refractivity contribution is 9.10. The number of carbonyl (C=O) groups is 2. The zero-order valence-electron chi connectivity index (χ0n) is 14.3. The first-order valence-electron chi connectivity index (χ1n) is 8.58. The van der Waals surface area contributed by atoms with Crippen molar-refractivity contribution in [3.05, 3.63) is 28.2 Å². The van der Waals surface area contributed by atoms with Crippen LogP contribution in [0, 0.1) is 12.8 Å². The van der Waals surface area contributed by atoms with E-state index in [4.69, 9.17) is 0 Å². The molecular weight excluding hydrogens is 406 g/mol. The standard InChI is InChI=1S/C18H24BrN3O2.ClH/c1-11-6-13(4-5-16(11)19)22-18(24)10-20-17(23)9-12-7-14-2-3-15(8-12)21-14;/h4-6,12,14-15,21H,2-3,7-10H2,1H3,(H,20,23)(H,22,24);1H. The Kier molecular flexibility index (Phi) is 7.28. The number of anilines is 1. The zero-order valence-corrected chi connectivity index (χ0v) is 16.7. The number of hydrogen-bond acceptors (Lipinski definition) is 3. The molecule has 3 rings (SSSR count). The number of nitrogens with one attached hydrogen (secondary N) is 3. The first-order chi connectivity index (χ1) is 11.5. The highest BCUT2D eigenvalue weighted by atomic mass is 79.9. The maximum Gasteiger partial charge on any atom is 0.243 e. The number of aryl methyl sites for hydroxylation is 1. The van der Waals surface area contributed by atoms with Crippen molar-refractivity contribution in [2.75, 3.05) is 11.9 Å². The molecule has 0 radical (unpaired) electrons. The van der Waals surface area contributed by atoms with Gasteiger partial charge in [-0.3, -0.25) is 9.59 Å². The van der Waals surface area contributed by atoms with Crippen LogP contribution in [-0.4, -0.2) is 30.4 Å². The number of amides is 2. The fraction of sp³-hybridized carbons (Fsp3) is 0.556. The number of halogens is 2. The van der Waals surface area contributed by atoms with Crippen LogP contribution in [0.5, 0.6) is 0 Å². The fourth-order valence-electron chi connectivity index (χ4n) is 3.78. The van der Waals surface area contributed by atoms with E-state index in [-0.39, 0.29) is 30.8 Å². The molecule has 2 amide bonds. The third-order valence-corrected chi connectivity index (χ3v) is 5.82. The lowest BCUT2D eigenvalue weighted by Gasteiger charge is -2.28. The number of piperidine rings is 1. The Morgan fingerprint density at radius 2 is 1.88 bits per heavy atom. The second-order valence-corrected chi connectivity index (χ2v) is 7.82. The molecule has 2 aliphatic heterocycles. The van der Waals surface area contributed by atoms with Crippen molar-refractivity contribution in [1.29, 1.82) is 0 Å². The minimum absolute atomic E-state index is 0. The summed E-state index contributed by atoms with van der Waals surface area (Å²) in [5.41, 5.74) is 1.79. The van der Waals surface area contributed by atoms with E-state index in [0.717, 1.165) is 28.6 Å². The molecule has 0 saturated carbocycles. The van der Waals surface area contributed by atoms with Gasteiger partial charge in [-0.25, -0.2) is 0 Å². The predicted octanol–water partition coefficient (Wildman–Crippen LogP) is 3.15. The molecule has 2 fully saturated rings. The Balaban J connectivity index is 0.00000225. The minimum atomic E-state index is -0.199. The summed E-state index contributed by atoms with van der Waals surface area (Å²) in [7, 11) is 0. The molecule has 138 valence electrons. The van der Waals surface area contributed by atoms with Gasteiger partial charge in [0.2, 0.25) is 11.8 Å². The average Bonchev–Trinajstić information content (AvgIpc) is 2.88. The van der Waals surface area contributed by atoms with Crippen LogP contribution in [0.4, 0.5) is 5.69 Å². The molecule has 2 saturated heterocycles. The highest BCUT2D eigenvalue weighted by Gasteiger charge is 2.34. The lowest BCUT2D eigenvalue weighted by atomic mass is 9.89. The molecule has 2 unspecified atom stereocenters. The van der Waals surface area contributed by atoms with Gasteiger partial charge < -0.3 is 16.0 Å². The van der Waals surface area contributed by atoms with E-state index < -0.39 is 0 Å². The van der Waals surface area contributed by atoms with Crippen LogP contribution < -0.4 is 16.0 Å². The lowest BCUT2D eigenvalue weighted by Crippen LogP contribution is -2.40. The van der Waals surface area contributed by atoms with Crippen LogP contribution in [0.15, 0.2) is 22.7 Å². The van der Waals surface area contributed by atoms with Crippen molar-refractivity contribution in [3.8, 4) is 0 Å². The Morgan fingerprint density at radius 3 is 2.52 bits per heavy atom. The third kappa shape index (κ3) is 5.69. The van der Waals surface area contributed by atoms with Crippen molar-refractivity contribution < 1.29 is 9.59 Å². The molecule has 2 bridgehead atoms. The molecule has 25 heavy (non-hydrogen) atoms. The molecular formula is C18H25BrClN3O2. The van der Waals surface area contributed by atoms with E-state index in [1.54, 1.807) is 0 Å². The zero-order chi connectivity index (χ0) is 17.1. The SMILES string of the molecule is Cc1cc(NC(=O)CNC(=O)CC2CC3CCC(C2)N3)ccc1Br.Cl. The smallest absolute Gasteiger partial charge is 0.243 e. The van der Waals surface area contributed by atoms with Crippen LogP contribution in [0.25, 0.3) is 0 Å². The Bertz CT molecular complexity index is 629. The highest BCUT2D eigenvalue weighted by Crippen LogP contribution is 2.32. The van der Waals surface area contributed by atoms with Crippen LogP contribution in [0.3, 0.4) is 0 Å². The second kappa shape index (κ2) is 9.01. The van der Waals surface area contributed by atoms with E-state index >= 15 is 0 Å². The quantitative estimate of drug-likeness (QED) is 0.672. The summed E-state index contributed by atoms with van der Waals surface area (Å²) in [5.74, 6) is 0.222. The maximum atomic E-state index is 12.1. The van der Waals surface area contributed by atoms with Crippen molar-refractivity contribution in [1.82, 2.24) is 10.6 Å². The third-order valence-electron chi connectivity index (χ3n) is 4.93. The molecule has 0 aromatic heterocycles. The van der Waals surface area contributed by atoms with Crippen molar-refractivity contribution >= 4 is 45.8 Å².